The zero-order valence-corrected chi connectivity index (χ0v) is 15.0. The average Bonchev–Trinajstić information content (AvgIpc) is 3.35. The summed E-state index contributed by atoms with van der Waals surface area (Å²) in [6, 6.07) is 5.81. The molecular formula is C19H16N4O2S. The van der Waals surface area contributed by atoms with Gasteiger partial charge in [0.1, 0.15) is 11.2 Å². The van der Waals surface area contributed by atoms with Crippen molar-refractivity contribution in [1.29, 1.82) is 0 Å². The van der Waals surface area contributed by atoms with Crippen LogP contribution in [0.25, 0.3) is 27.3 Å². The largest absolute Gasteiger partial charge is 0.454 e. The molecule has 6 rings (SSSR count). The number of nitrogens with zero attached hydrogens (tertiary/aromatic N) is 4. The van der Waals surface area contributed by atoms with Gasteiger partial charge in [-0.2, -0.15) is 0 Å². The zero-order valence-electron chi connectivity index (χ0n) is 14.2. The summed E-state index contributed by atoms with van der Waals surface area (Å²) in [5.41, 5.74) is 3.24. The fourth-order valence-electron chi connectivity index (χ4n) is 3.90. The standard InChI is InChI=1S/C19H16N4O2S/c1-10-2-4-12-15(6-10)26-19-16(12)18-21-17(22-23(18)8-20-19)11-3-5-13-14(7-11)25-9-24-13/h3,5,7-8,10H,2,4,6,9H2,1H3/t10-/m1/s1. The average molecular weight is 364 g/mol. The molecule has 0 spiro atoms. The Labute approximate surface area is 153 Å². The quantitative estimate of drug-likeness (QED) is 0.513. The molecule has 0 fully saturated rings. The summed E-state index contributed by atoms with van der Waals surface area (Å²) in [5, 5.41) is 5.83. The molecule has 7 heteroatoms. The van der Waals surface area contributed by atoms with Crippen molar-refractivity contribution >= 4 is 27.2 Å². The number of ether oxygens (including phenoxy) is 2. The molecule has 0 saturated heterocycles. The van der Waals surface area contributed by atoms with Gasteiger partial charge in [-0.25, -0.2) is 14.5 Å². The van der Waals surface area contributed by atoms with Crippen LogP contribution in [0.4, 0.5) is 0 Å². The van der Waals surface area contributed by atoms with Crippen molar-refractivity contribution in [3.63, 3.8) is 0 Å². The van der Waals surface area contributed by atoms with Crippen molar-refractivity contribution in [3.05, 3.63) is 35.0 Å². The van der Waals surface area contributed by atoms with Gasteiger partial charge in [0.15, 0.2) is 23.0 Å². The molecule has 1 atom stereocenters. The first-order chi connectivity index (χ1) is 12.8. The monoisotopic (exact) mass is 364 g/mol. The van der Waals surface area contributed by atoms with E-state index in [1.165, 1.54) is 22.2 Å². The van der Waals surface area contributed by atoms with Crippen molar-refractivity contribution < 1.29 is 9.47 Å². The number of benzene rings is 1. The van der Waals surface area contributed by atoms with E-state index in [4.69, 9.17) is 14.5 Å². The normalized spacial score (nSPS) is 18.6. The van der Waals surface area contributed by atoms with Crippen molar-refractivity contribution in [2.75, 3.05) is 6.79 Å². The van der Waals surface area contributed by atoms with Crippen LogP contribution in [-0.4, -0.2) is 26.4 Å². The lowest BCUT2D eigenvalue weighted by Gasteiger charge is -2.17. The Hall–Kier alpha value is -2.67. The predicted molar refractivity (Wildman–Crippen MR) is 98.9 cm³/mol. The van der Waals surface area contributed by atoms with E-state index in [1.54, 1.807) is 10.8 Å². The van der Waals surface area contributed by atoms with Crippen LogP contribution in [0.3, 0.4) is 0 Å². The van der Waals surface area contributed by atoms with Gasteiger partial charge in [-0.1, -0.05) is 6.92 Å². The Morgan fingerprint density at radius 3 is 3.12 bits per heavy atom. The Morgan fingerprint density at radius 2 is 2.15 bits per heavy atom. The van der Waals surface area contributed by atoms with Gasteiger partial charge in [-0.05, 0) is 48.9 Å². The number of hydrogen-bond acceptors (Lipinski definition) is 6. The lowest BCUT2D eigenvalue weighted by Crippen LogP contribution is -2.08. The number of fused-ring (bicyclic) bond motifs is 6. The van der Waals surface area contributed by atoms with Crippen LogP contribution in [0.15, 0.2) is 24.5 Å². The highest BCUT2D eigenvalue weighted by Gasteiger charge is 2.24. The number of thiophene rings is 1. The second-order valence-corrected chi connectivity index (χ2v) is 8.13. The minimum Gasteiger partial charge on any atom is -0.454 e. The highest BCUT2D eigenvalue weighted by molar-refractivity contribution is 7.19. The molecule has 26 heavy (non-hydrogen) atoms. The van der Waals surface area contributed by atoms with Crippen LogP contribution < -0.4 is 9.47 Å². The summed E-state index contributed by atoms with van der Waals surface area (Å²) in [7, 11) is 0. The number of aryl methyl sites for hydroxylation is 1. The first kappa shape index (κ1) is 14.5. The molecule has 1 aliphatic carbocycles. The molecule has 0 unspecified atom stereocenters. The molecule has 1 aromatic carbocycles. The molecule has 0 radical (unpaired) electrons. The third-order valence-electron chi connectivity index (χ3n) is 5.26. The SMILES string of the molecule is C[C@@H]1CCc2c(sc3ncn4nc(-c5ccc6c(c5)OCO6)nc4c23)C1. The zero-order chi connectivity index (χ0) is 17.3. The molecule has 0 saturated carbocycles. The molecule has 1 aliphatic heterocycles. The fraction of sp³-hybridized carbons (Fsp3) is 0.316. The van der Waals surface area contributed by atoms with Gasteiger partial charge >= 0.3 is 0 Å². The van der Waals surface area contributed by atoms with E-state index in [9.17, 15) is 0 Å². The molecule has 3 aromatic heterocycles. The molecular weight excluding hydrogens is 348 g/mol. The van der Waals surface area contributed by atoms with Crippen LogP contribution in [-0.2, 0) is 12.8 Å². The van der Waals surface area contributed by atoms with E-state index in [0.29, 0.717) is 5.82 Å². The van der Waals surface area contributed by atoms with Gasteiger partial charge in [0.25, 0.3) is 0 Å². The van der Waals surface area contributed by atoms with Crippen LogP contribution >= 0.6 is 11.3 Å². The maximum atomic E-state index is 5.48. The van der Waals surface area contributed by atoms with E-state index >= 15 is 0 Å². The topological polar surface area (TPSA) is 61.5 Å². The van der Waals surface area contributed by atoms with E-state index in [2.05, 4.69) is 17.0 Å². The highest BCUT2D eigenvalue weighted by atomic mass is 32.1. The minimum absolute atomic E-state index is 0.265. The third-order valence-corrected chi connectivity index (χ3v) is 6.43. The lowest BCUT2D eigenvalue weighted by atomic mass is 9.89. The lowest BCUT2D eigenvalue weighted by molar-refractivity contribution is 0.174. The molecule has 130 valence electrons. The fourth-order valence-corrected chi connectivity index (χ4v) is 5.24. The number of hydrogen-bond donors (Lipinski definition) is 0. The predicted octanol–water partition coefficient (Wildman–Crippen LogP) is 3.86. The van der Waals surface area contributed by atoms with Crippen LogP contribution in [0.2, 0.25) is 0 Å². The molecule has 0 bridgehead atoms. The van der Waals surface area contributed by atoms with E-state index < -0.39 is 0 Å². The summed E-state index contributed by atoms with van der Waals surface area (Å²) >= 11 is 1.81. The van der Waals surface area contributed by atoms with Gasteiger partial charge in [0, 0.05) is 10.4 Å². The van der Waals surface area contributed by atoms with Crippen molar-refractivity contribution in [2.45, 2.75) is 26.2 Å². The van der Waals surface area contributed by atoms with Gasteiger partial charge in [-0.3, -0.25) is 0 Å². The van der Waals surface area contributed by atoms with Crippen molar-refractivity contribution in [1.82, 2.24) is 19.6 Å². The summed E-state index contributed by atoms with van der Waals surface area (Å²) in [6.07, 6.45) is 5.24. The van der Waals surface area contributed by atoms with Gasteiger partial charge in [0.05, 0.1) is 5.39 Å². The smallest absolute Gasteiger partial charge is 0.231 e. The summed E-state index contributed by atoms with van der Waals surface area (Å²) in [5.74, 6) is 2.93. The van der Waals surface area contributed by atoms with Crippen LogP contribution in [0, 0.1) is 5.92 Å². The van der Waals surface area contributed by atoms with Gasteiger partial charge in [0.2, 0.25) is 6.79 Å². The Bertz CT molecular complexity index is 1180. The molecule has 0 N–H and O–H groups in total. The highest BCUT2D eigenvalue weighted by Crippen LogP contribution is 2.39. The molecule has 6 nitrogen and oxygen atoms in total. The van der Waals surface area contributed by atoms with Crippen molar-refractivity contribution in [2.24, 2.45) is 5.92 Å². The maximum Gasteiger partial charge on any atom is 0.231 e. The second-order valence-electron chi connectivity index (χ2n) is 7.05. The van der Waals surface area contributed by atoms with E-state index in [1.807, 2.05) is 29.5 Å². The first-order valence-corrected chi connectivity index (χ1v) is 9.63. The summed E-state index contributed by atoms with van der Waals surface area (Å²) < 4.78 is 12.7. The summed E-state index contributed by atoms with van der Waals surface area (Å²) in [4.78, 5) is 12.0. The third kappa shape index (κ3) is 2.00. The Morgan fingerprint density at radius 1 is 1.23 bits per heavy atom. The van der Waals surface area contributed by atoms with Crippen molar-refractivity contribution in [3.8, 4) is 22.9 Å². The van der Waals surface area contributed by atoms with Gasteiger partial charge < -0.3 is 9.47 Å². The molecule has 4 aromatic rings. The van der Waals surface area contributed by atoms with Crippen LogP contribution in [0.5, 0.6) is 11.5 Å². The first-order valence-electron chi connectivity index (χ1n) is 8.82. The second kappa shape index (κ2) is 5.17. The van der Waals surface area contributed by atoms with E-state index in [0.717, 1.165) is 46.3 Å². The number of aromatic nitrogens is 4. The Kier molecular flexibility index (Phi) is 2.88. The Balaban J connectivity index is 1.55. The molecule has 0 amide bonds. The molecule has 4 heterocycles. The minimum atomic E-state index is 0.265. The summed E-state index contributed by atoms with van der Waals surface area (Å²) in [6.45, 7) is 2.59. The number of rotatable bonds is 1. The van der Waals surface area contributed by atoms with Crippen LogP contribution in [0.1, 0.15) is 23.8 Å². The maximum absolute atomic E-state index is 5.48. The van der Waals surface area contributed by atoms with Gasteiger partial charge in [-0.15, -0.1) is 16.4 Å². The molecule has 2 aliphatic rings. The van der Waals surface area contributed by atoms with E-state index in [-0.39, 0.29) is 6.79 Å².